The lowest BCUT2D eigenvalue weighted by Crippen LogP contribution is -2.25. The molecule has 1 N–H and O–H groups in total. The molecule has 27 heavy (non-hydrogen) atoms. The van der Waals surface area contributed by atoms with Crippen LogP contribution in [0.1, 0.15) is 18.4 Å². The van der Waals surface area contributed by atoms with Crippen LogP contribution in [0.15, 0.2) is 67.0 Å². The first-order valence-electron chi connectivity index (χ1n) is 8.95. The number of para-hydroxylation sites is 2. The number of aromatic nitrogens is 2. The van der Waals surface area contributed by atoms with Crippen LogP contribution in [0.2, 0.25) is 0 Å². The first-order valence-corrected chi connectivity index (χ1v) is 8.95. The summed E-state index contributed by atoms with van der Waals surface area (Å²) in [5, 5.41) is 7.18. The van der Waals surface area contributed by atoms with Gasteiger partial charge in [0.05, 0.1) is 18.5 Å². The first kappa shape index (κ1) is 18.6. The molecule has 0 bridgehead atoms. The maximum Gasteiger partial charge on any atom is 0.220 e. The molecule has 0 aliphatic heterocycles. The number of ether oxygens (including phenoxy) is 1. The Labute approximate surface area is 157 Å². The molecule has 2 aromatic carbocycles. The van der Waals surface area contributed by atoms with Crippen LogP contribution in [-0.2, 0) is 11.2 Å². The molecule has 0 saturated heterocycles. The molecule has 0 spiro atoms. The van der Waals surface area contributed by atoms with E-state index in [0.29, 0.717) is 32.4 Å². The number of nitrogens with zero attached hydrogens (tertiary/aromatic N) is 2. The van der Waals surface area contributed by atoms with E-state index in [2.05, 4.69) is 10.4 Å². The second-order valence-electron chi connectivity index (χ2n) is 6.11. The normalized spacial score (nSPS) is 10.6. The molecular weight excluding hydrogens is 345 g/mol. The van der Waals surface area contributed by atoms with Gasteiger partial charge in [0.2, 0.25) is 5.91 Å². The van der Waals surface area contributed by atoms with Gasteiger partial charge in [-0.2, -0.15) is 5.10 Å². The van der Waals surface area contributed by atoms with Crippen molar-refractivity contribution in [1.29, 1.82) is 0 Å². The molecule has 0 fully saturated rings. The van der Waals surface area contributed by atoms with E-state index >= 15 is 0 Å². The van der Waals surface area contributed by atoms with Gasteiger partial charge < -0.3 is 10.1 Å². The van der Waals surface area contributed by atoms with Gasteiger partial charge in [0.15, 0.2) is 11.6 Å². The molecule has 1 aromatic heterocycles. The molecule has 0 radical (unpaired) electrons. The second kappa shape index (κ2) is 9.52. The van der Waals surface area contributed by atoms with Crippen molar-refractivity contribution in [2.45, 2.75) is 19.3 Å². The van der Waals surface area contributed by atoms with Gasteiger partial charge in [-0.3, -0.25) is 4.79 Å². The van der Waals surface area contributed by atoms with Crippen molar-refractivity contribution in [2.24, 2.45) is 0 Å². The van der Waals surface area contributed by atoms with Crippen LogP contribution in [0.4, 0.5) is 4.39 Å². The average Bonchev–Trinajstić information content (AvgIpc) is 3.17. The summed E-state index contributed by atoms with van der Waals surface area (Å²) in [4.78, 5) is 11.9. The van der Waals surface area contributed by atoms with Gasteiger partial charge >= 0.3 is 0 Å². The van der Waals surface area contributed by atoms with E-state index in [0.717, 1.165) is 11.3 Å². The van der Waals surface area contributed by atoms with Gasteiger partial charge in [0.1, 0.15) is 0 Å². The van der Waals surface area contributed by atoms with Crippen molar-refractivity contribution in [3.05, 3.63) is 78.4 Å². The number of hydrogen-bond donors (Lipinski definition) is 1. The van der Waals surface area contributed by atoms with E-state index in [1.54, 1.807) is 29.1 Å². The summed E-state index contributed by atoms with van der Waals surface area (Å²) in [5.41, 5.74) is 2.00. The highest BCUT2D eigenvalue weighted by atomic mass is 19.1. The molecule has 6 heteroatoms. The van der Waals surface area contributed by atoms with Crippen molar-refractivity contribution in [2.75, 3.05) is 13.2 Å². The Bertz CT molecular complexity index is 865. The smallest absolute Gasteiger partial charge is 0.220 e. The SMILES string of the molecule is O=C(CCc1cnn(-c2ccccc2)c1)NCCCOc1ccccc1F. The number of amides is 1. The number of aryl methyl sites for hydroxylation is 1. The number of halogens is 1. The Morgan fingerprint density at radius 3 is 2.70 bits per heavy atom. The Balaban J connectivity index is 1.33. The minimum atomic E-state index is -0.377. The van der Waals surface area contributed by atoms with Crippen molar-refractivity contribution in [1.82, 2.24) is 15.1 Å². The summed E-state index contributed by atoms with van der Waals surface area (Å²) in [6.07, 6.45) is 5.36. The fourth-order valence-electron chi connectivity index (χ4n) is 2.60. The molecule has 0 atom stereocenters. The Kier molecular flexibility index (Phi) is 6.57. The maximum absolute atomic E-state index is 13.4. The predicted octanol–water partition coefficient (Wildman–Crippen LogP) is 3.53. The van der Waals surface area contributed by atoms with Crippen LogP contribution in [0.5, 0.6) is 5.75 Å². The molecule has 3 aromatic rings. The minimum Gasteiger partial charge on any atom is -0.490 e. The Hall–Kier alpha value is -3.15. The van der Waals surface area contributed by atoms with Gasteiger partial charge in [-0.25, -0.2) is 9.07 Å². The monoisotopic (exact) mass is 367 g/mol. The van der Waals surface area contributed by atoms with Crippen LogP contribution < -0.4 is 10.1 Å². The van der Waals surface area contributed by atoms with Crippen molar-refractivity contribution in [3.63, 3.8) is 0 Å². The molecular formula is C21H22FN3O2. The number of benzene rings is 2. The summed E-state index contributed by atoms with van der Waals surface area (Å²) >= 11 is 0. The van der Waals surface area contributed by atoms with Crippen molar-refractivity contribution in [3.8, 4) is 11.4 Å². The lowest BCUT2D eigenvalue weighted by atomic mass is 10.2. The Morgan fingerprint density at radius 2 is 1.89 bits per heavy atom. The van der Waals surface area contributed by atoms with Crippen LogP contribution in [-0.4, -0.2) is 28.8 Å². The highest BCUT2D eigenvalue weighted by Gasteiger charge is 2.05. The van der Waals surface area contributed by atoms with Crippen molar-refractivity contribution >= 4 is 5.91 Å². The van der Waals surface area contributed by atoms with E-state index in [9.17, 15) is 9.18 Å². The van der Waals surface area contributed by atoms with E-state index in [1.807, 2.05) is 36.5 Å². The minimum absolute atomic E-state index is 0.0200. The summed E-state index contributed by atoms with van der Waals surface area (Å²) in [5.74, 6) is -0.162. The van der Waals surface area contributed by atoms with E-state index in [-0.39, 0.29) is 17.5 Å². The molecule has 1 amide bonds. The topological polar surface area (TPSA) is 56.2 Å². The lowest BCUT2D eigenvalue weighted by molar-refractivity contribution is -0.121. The fraction of sp³-hybridized carbons (Fsp3) is 0.238. The number of nitrogens with one attached hydrogen (secondary N) is 1. The van der Waals surface area contributed by atoms with Crippen molar-refractivity contribution < 1.29 is 13.9 Å². The van der Waals surface area contributed by atoms with Crippen LogP contribution in [0, 0.1) is 5.82 Å². The summed E-state index contributed by atoms with van der Waals surface area (Å²) in [7, 11) is 0. The van der Waals surface area contributed by atoms with Gasteiger partial charge in [0.25, 0.3) is 0 Å². The third-order valence-corrected chi connectivity index (χ3v) is 4.04. The zero-order chi connectivity index (χ0) is 18.9. The van der Waals surface area contributed by atoms with Crippen LogP contribution in [0.25, 0.3) is 5.69 Å². The number of carbonyl (C=O) groups excluding carboxylic acids is 1. The maximum atomic E-state index is 13.4. The Morgan fingerprint density at radius 1 is 1.11 bits per heavy atom. The molecule has 0 aliphatic carbocycles. The molecule has 0 aliphatic rings. The summed E-state index contributed by atoms with van der Waals surface area (Å²) in [6, 6.07) is 16.1. The van der Waals surface area contributed by atoms with Crippen LogP contribution >= 0.6 is 0 Å². The zero-order valence-corrected chi connectivity index (χ0v) is 15.0. The fourth-order valence-corrected chi connectivity index (χ4v) is 2.60. The van der Waals surface area contributed by atoms with Gasteiger partial charge in [-0.05, 0) is 42.7 Å². The van der Waals surface area contributed by atoms with Gasteiger partial charge in [0, 0.05) is 19.2 Å². The van der Waals surface area contributed by atoms with E-state index in [1.165, 1.54) is 6.07 Å². The number of hydrogen-bond acceptors (Lipinski definition) is 3. The molecule has 0 saturated carbocycles. The highest BCUT2D eigenvalue weighted by molar-refractivity contribution is 5.76. The number of carbonyl (C=O) groups is 1. The predicted molar refractivity (Wildman–Crippen MR) is 101 cm³/mol. The molecule has 3 rings (SSSR count). The molecule has 0 unspecified atom stereocenters. The average molecular weight is 367 g/mol. The van der Waals surface area contributed by atoms with E-state index in [4.69, 9.17) is 4.74 Å². The third-order valence-electron chi connectivity index (χ3n) is 4.04. The molecule has 140 valence electrons. The lowest BCUT2D eigenvalue weighted by Gasteiger charge is -2.08. The quantitative estimate of drug-likeness (QED) is 0.589. The zero-order valence-electron chi connectivity index (χ0n) is 15.0. The van der Waals surface area contributed by atoms with Gasteiger partial charge in [-0.15, -0.1) is 0 Å². The highest BCUT2D eigenvalue weighted by Crippen LogP contribution is 2.15. The van der Waals surface area contributed by atoms with E-state index < -0.39 is 0 Å². The number of rotatable bonds is 9. The van der Waals surface area contributed by atoms with Gasteiger partial charge in [-0.1, -0.05) is 30.3 Å². The second-order valence-corrected chi connectivity index (χ2v) is 6.11. The summed E-state index contributed by atoms with van der Waals surface area (Å²) < 4.78 is 20.6. The standard InChI is InChI=1S/C21H22FN3O2/c22-19-9-4-5-10-20(19)27-14-6-13-23-21(26)12-11-17-15-24-25(16-17)18-7-2-1-3-8-18/h1-5,7-10,15-16H,6,11-14H2,(H,23,26). The molecule has 5 nitrogen and oxygen atoms in total. The molecule has 1 heterocycles. The van der Waals surface area contributed by atoms with Crippen LogP contribution in [0.3, 0.4) is 0 Å². The largest absolute Gasteiger partial charge is 0.490 e. The summed E-state index contributed by atoms with van der Waals surface area (Å²) in [6.45, 7) is 0.849. The first-order chi connectivity index (χ1) is 13.2. The third kappa shape index (κ3) is 5.67.